The lowest BCUT2D eigenvalue weighted by molar-refractivity contribution is 0.344. The van der Waals surface area contributed by atoms with Gasteiger partial charge in [-0.25, -0.2) is 4.98 Å². The fourth-order valence-electron chi connectivity index (χ4n) is 1.73. The van der Waals surface area contributed by atoms with Gasteiger partial charge in [0.05, 0.1) is 5.56 Å². The van der Waals surface area contributed by atoms with Gasteiger partial charge in [-0.1, -0.05) is 43.3 Å². The van der Waals surface area contributed by atoms with Crippen LogP contribution in [0.5, 0.6) is 5.88 Å². The van der Waals surface area contributed by atoms with Crippen LogP contribution in [0.25, 0.3) is 6.08 Å². The summed E-state index contributed by atoms with van der Waals surface area (Å²) in [4.78, 5) is 8.55. The molecule has 0 aliphatic rings. The average Bonchev–Trinajstić information content (AvgIpc) is 2.48. The van der Waals surface area contributed by atoms with Crippen LogP contribution in [-0.2, 0) is 6.42 Å². The molecule has 4 nitrogen and oxygen atoms in total. The van der Waals surface area contributed by atoms with Crippen LogP contribution in [0.1, 0.15) is 23.9 Å². The zero-order chi connectivity index (χ0) is 14.4. The molecule has 0 saturated heterocycles. The minimum Gasteiger partial charge on any atom is -0.473 e. The van der Waals surface area contributed by atoms with Crippen molar-refractivity contribution in [1.82, 2.24) is 9.97 Å². The van der Waals surface area contributed by atoms with Crippen molar-refractivity contribution in [2.24, 2.45) is 0 Å². The highest BCUT2D eigenvalue weighted by molar-refractivity contribution is 5.49. The summed E-state index contributed by atoms with van der Waals surface area (Å²) in [6.07, 6.45) is 4.71. The maximum Gasteiger partial charge on any atom is 0.222 e. The van der Waals surface area contributed by atoms with Crippen molar-refractivity contribution in [3.8, 4) is 5.88 Å². The largest absolute Gasteiger partial charge is 0.473 e. The number of hydrogen-bond donors (Lipinski definition) is 1. The predicted octanol–water partition coefficient (Wildman–Crippen LogP) is 3.02. The Bertz CT molecular complexity index is 594. The normalized spacial score (nSPS) is 10.9. The first kappa shape index (κ1) is 14.1. The molecule has 0 aliphatic carbocycles. The number of ether oxygens (including phenoxy) is 1. The second kappa shape index (κ2) is 6.70. The summed E-state index contributed by atoms with van der Waals surface area (Å²) >= 11 is 0. The number of aromatic nitrogens is 2. The first-order valence-electron chi connectivity index (χ1n) is 6.68. The highest BCUT2D eigenvalue weighted by Crippen LogP contribution is 2.19. The minimum atomic E-state index is 0.454. The van der Waals surface area contributed by atoms with Crippen molar-refractivity contribution in [3.63, 3.8) is 0 Å². The third-order valence-electron chi connectivity index (χ3n) is 2.93. The van der Waals surface area contributed by atoms with Crippen molar-refractivity contribution >= 4 is 11.9 Å². The van der Waals surface area contributed by atoms with Crippen LogP contribution < -0.4 is 10.5 Å². The van der Waals surface area contributed by atoms with Crippen LogP contribution in [0.3, 0.4) is 0 Å². The van der Waals surface area contributed by atoms with Gasteiger partial charge in [0, 0.05) is 6.42 Å². The molecule has 2 rings (SSSR count). The molecule has 0 aliphatic heterocycles. The van der Waals surface area contributed by atoms with Crippen LogP contribution in [-0.4, -0.2) is 16.6 Å². The molecule has 20 heavy (non-hydrogen) atoms. The van der Waals surface area contributed by atoms with E-state index in [0.717, 1.165) is 17.5 Å². The Labute approximate surface area is 119 Å². The maximum atomic E-state index is 5.84. The second-order valence-electron chi connectivity index (χ2n) is 4.43. The third kappa shape index (κ3) is 3.57. The van der Waals surface area contributed by atoms with Gasteiger partial charge in [-0.2, -0.15) is 4.98 Å². The quantitative estimate of drug-likeness (QED) is 0.906. The summed E-state index contributed by atoms with van der Waals surface area (Å²) in [5.41, 5.74) is 7.77. The van der Waals surface area contributed by atoms with Crippen molar-refractivity contribution < 1.29 is 4.74 Å². The predicted molar refractivity (Wildman–Crippen MR) is 81.5 cm³/mol. The highest BCUT2D eigenvalue weighted by Gasteiger charge is 2.08. The molecule has 0 fully saturated rings. The summed E-state index contributed by atoms with van der Waals surface area (Å²) in [5, 5.41) is 0. The Balaban J connectivity index is 2.01. The SMILES string of the molecule is CCc1nc(N)c(C)c(OC/C=C/c2ccccc2)n1. The van der Waals surface area contributed by atoms with Gasteiger partial charge in [0.25, 0.3) is 0 Å². The standard InChI is InChI=1S/C16H19N3O/c1-3-14-18-15(17)12(2)16(19-14)20-11-7-10-13-8-5-4-6-9-13/h4-10H,3,11H2,1-2H3,(H2,17,18,19)/b10-7+. The second-order valence-corrected chi connectivity index (χ2v) is 4.43. The molecule has 1 aromatic heterocycles. The van der Waals surface area contributed by atoms with E-state index in [-0.39, 0.29) is 0 Å². The van der Waals surface area contributed by atoms with E-state index in [2.05, 4.69) is 9.97 Å². The summed E-state index contributed by atoms with van der Waals surface area (Å²) in [6, 6.07) is 10.1. The topological polar surface area (TPSA) is 61.0 Å². The van der Waals surface area contributed by atoms with E-state index >= 15 is 0 Å². The third-order valence-corrected chi connectivity index (χ3v) is 2.93. The van der Waals surface area contributed by atoms with Crippen LogP contribution in [0.4, 0.5) is 5.82 Å². The molecule has 2 N–H and O–H groups in total. The van der Waals surface area contributed by atoms with E-state index < -0.39 is 0 Å². The summed E-state index contributed by atoms with van der Waals surface area (Å²) in [7, 11) is 0. The molecule has 1 aromatic carbocycles. The lowest BCUT2D eigenvalue weighted by Crippen LogP contribution is -2.06. The molecule has 0 saturated carbocycles. The fraction of sp³-hybridized carbons (Fsp3) is 0.250. The summed E-state index contributed by atoms with van der Waals surface area (Å²) < 4.78 is 5.66. The number of benzene rings is 1. The molecule has 0 unspecified atom stereocenters. The van der Waals surface area contributed by atoms with Gasteiger partial charge in [-0.3, -0.25) is 0 Å². The zero-order valence-corrected chi connectivity index (χ0v) is 11.8. The van der Waals surface area contributed by atoms with Crippen molar-refractivity contribution in [2.45, 2.75) is 20.3 Å². The van der Waals surface area contributed by atoms with Crippen molar-refractivity contribution in [2.75, 3.05) is 12.3 Å². The Morgan fingerprint density at radius 2 is 1.95 bits per heavy atom. The van der Waals surface area contributed by atoms with E-state index in [9.17, 15) is 0 Å². The van der Waals surface area contributed by atoms with Gasteiger partial charge in [0.1, 0.15) is 18.2 Å². The smallest absolute Gasteiger partial charge is 0.222 e. The van der Waals surface area contributed by atoms with E-state index in [1.807, 2.05) is 56.3 Å². The molecule has 0 bridgehead atoms. The maximum absolute atomic E-state index is 5.84. The van der Waals surface area contributed by atoms with Crippen LogP contribution in [0, 0.1) is 6.92 Å². The molecular weight excluding hydrogens is 250 g/mol. The van der Waals surface area contributed by atoms with E-state index in [4.69, 9.17) is 10.5 Å². The lowest BCUT2D eigenvalue weighted by Gasteiger charge is -2.09. The van der Waals surface area contributed by atoms with E-state index in [1.165, 1.54) is 0 Å². The number of anilines is 1. The lowest BCUT2D eigenvalue weighted by atomic mass is 10.2. The number of aryl methyl sites for hydroxylation is 1. The molecule has 1 heterocycles. The number of nitrogen functional groups attached to an aromatic ring is 1. The number of nitrogens with zero attached hydrogens (tertiary/aromatic N) is 2. The first-order chi connectivity index (χ1) is 9.70. The molecule has 4 heteroatoms. The van der Waals surface area contributed by atoms with Gasteiger partial charge < -0.3 is 10.5 Å². The number of hydrogen-bond acceptors (Lipinski definition) is 4. The Morgan fingerprint density at radius 1 is 1.20 bits per heavy atom. The Hall–Kier alpha value is -2.36. The van der Waals surface area contributed by atoms with Crippen LogP contribution in [0.15, 0.2) is 36.4 Å². The van der Waals surface area contributed by atoms with Crippen LogP contribution in [0.2, 0.25) is 0 Å². The molecule has 0 amide bonds. The highest BCUT2D eigenvalue weighted by atomic mass is 16.5. The molecule has 2 aromatic rings. The molecule has 0 radical (unpaired) electrons. The van der Waals surface area contributed by atoms with Crippen LogP contribution >= 0.6 is 0 Å². The van der Waals surface area contributed by atoms with Gasteiger partial charge in [0.2, 0.25) is 5.88 Å². The molecule has 0 atom stereocenters. The van der Waals surface area contributed by atoms with Crippen molar-refractivity contribution in [3.05, 3.63) is 53.4 Å². The summed E-state index contributed by atoms with van der Waals surface area (Å²) in [6.45, 7) is 4.31. The monoisotopic (exact) mass is 269 g/mol. The molecular formula is C16H19N3O. The van der Waals surface area contributed by atoms with Gasteiger partial charge in [-0.15, -0.1) is 0 Å². The minimum absolute atomic E-state index is 0.454. The van der Waals surface area contributed by atoms with Gasteiger partial charge in [-0.05, 0) is 18.6 Å². The average molecular weight is 269 g/mol. The zero-order valence-electron chi connectivity index (χ0n) is 11.8. The number of rotatable bonds is 5. The molecule has 0 spiro atoms. The van der Waals surface area contributed by atoms with E-state index in [0.29, 0.717) is 24.1 Å². The Morgan fingerprint density at radius 3 is 2.65 bits per heavy atom. The number of nitrogens with two attached hydrogens (primary N) is 1. The van der Waals surface area contributed by atoms with Gasteiger partial charge >= 0.3 is 0 Å². The van der Waals surface area contributed by atoms with Gasteiger partial charge in [0.15, 0.2) is 0 Å². The van der Waals surface area contributed by atoms with E-state index in [1.54, 1.807) is 0 Å². The van der Waals surface area contributed by atoms with Crippen molar-refractivity contribution in [1.29, 1.82) is 0 Å². The summed E-state index contributed by atoms with van der Waals surface area (Å²) in [5.74, 6) is 1.75. The first-order valence-corrected chi connectivity index (χ1v) is 6.68. The fourth-order valence-corrected chi connectivity index (χ4v) is 1.73. The Kier molecular flexibility index (Phi) is 4.71. The molecule has 104 valence electrons.